The van der Waals surface area contributed by atoms with E-state index in [1.165, 1.54) is 0 Å². The summed E-state index contributed by atoms with van der Waals surface area (Å²) in [6, 6.07) is 23.3. The maximum atomic E-state index is 12.4. The van der Waals surface area contributed by atoms with Crippen LogP contribution in [0.1, 0.15) is 28.4 Å². The van der Waals surface area contributed by atoms with E-state index in [2.05, 4.69) is 24.4 Å². The number of aryl methyl sites for hydroxylation is 1. The van der Waals surface area contributed by atoms with Crippen LogP contribution in [-0.4, -0.2) is 16.1 Å². The van der Waals surface area contributed by atoms with Crippen molar-refractivity contribution >= 4 is 38.3 Å². The van der Waals surface area contributed by atoms with Gasteiger partial charge >= 0.3 is 5.97 Å². The highest BCUT2D eigenvalue weighted by Crippen LogP contribution is 2.36. The monoisotopic (exact) mass is 439 g/mol. The Morgan fingerprint density at radius 1 is 1.00 bits per heavy atom. The van der Waals surface area contributed by atoms with Crippen LogP contribution in [0.3, 0.4) is 0 Å². The van der Waals surface area contributed by atoms with Crippen LogP contribution in [0.25, 0.3) is 32.2 Å². The van der Waals surface area contributed by atoms with E-state index in [0.29, 0.717) is 11.1 Å². The van der Waals surface area contributed by atoms with Gasteiger partial charge in [0, 0.05) is 26.4 Å². The summed E-state index contributed by atoms with van der Waals surface area (Å²) in [5.41, 5.74) is 4.46. The molecule has 2 heterocycles. The van der Waals surface area contributed by atoms with E-state index in [4.69, 9.17) is 9.72 Å². The van der Waals surface area contributed by atoms with Crippen LogP contribution >= 0.6 is 11.3 Å². The molecule has 0 spiro atoms. The second kappa shape index (κ2) is 8.44. The van der Waals surface area contributed by atoms with Gasteiger partial charge in [-0.2, -0.15) is 0 Å². The number of carbonyl (C=O) groups is 1. The van der Waals surface area contributed by atoms with Crippen LogP contribution in [0.4, 0.5) is 0 Å². The molecule has 1 N–H and O–H groups in total. The number of nitrogens with zero attached hydrogens (tertiary/aromatic N) is 1. The Bertz CT molecular complexity index is 1440. The van der Waals surface area contributed by atoms with Gasteiger partial charge in [0.05, 0.1) is 16.8 Å². The molecule has 0 amide bonds. The number of rotatable bonds is 6. The van der Waals surface area contributed by atoms with Crippen LogP contribution in [0.2, 0.25) is 0 Å². The Morgan fingerprint density at radius 2 is 1.75 bits per heavy atom. The number of carboxylic acid groups (broad SMARTS) is 1. The number of thiophene rings is 1. The molecular formula is C27H21NO3S. The molecule has 0 fully saturated rings. The van der Waals surface area contributed by atoms with Crippen molar-refractivity contribution in [2.45, 2.75) is 20.0 Å². The van der Waals surface area contributed by atoms with Crippen LogP contribution in [0.15, 0.2) is 78.2 Å². The van der Waals surface area contributed by atoms with Gasteiger partial charge in [-0.25, -0.2) is 9.78 Å². The van der Waals surface area contributed by atoms with Gasteiger partial charge < -0.3 is 9.84 Å². The van der Waals surface area contributed by atoms with Crippen LogP contribution in [-0.2, 0) is 13.0 Å². The summed E-state index contributed by atoms with van der Waals surface area (Å²) < 4.78 is 7.10. The van der Waals surface area contributed by atoms with Crippen LogP contribution < -0.4 is 4.74 Å². The minimum atomic E-state index is -0.965. The van der Waals surface area contributed by atoms with Crippen molar-refractivity contribution < 1.29 is 14.6 Å². The fraction of sp³-hybridized carbons (Fsp3) is 0.111. The van der Waals surface area contributed by atoms with Gasteiger partial charge in [0.25, 0.3) is 0 Å². The lowest BCUT2D eigenvalue weighted by Crippen LogP contribution is -2.06. The summed E-state index contributed by atoms with van der Waals surface area (Å²) in [7, 11) is 0. The van der Waals surface area contributed by atoms with Crippen LogP contribution in [0.5, 0.6) is 5.75 Å². The fourth-order valence-electron chi connectivity index (χ4n) is 4.03. The lowest BCUT2D eigenvalue weighted by atomic mass is 9.96. The first-order valence-electron chi connectivity index (χ1n) is 10.5. The number of carboxylic acids is 1. The molecule has 5 aromatic rings. The first kappa shape index (κ1) is 20.2. The van der Waals surface area contributed by atoms with Crippen molar-refractivity contribution in [3.63, 3.8) is 0 Å². The number of pyridine rings is 1. The maximum Gasteiger partial charge on any atom is 0.336 e. The van der Waals surface area contributed by atoms with E-state index >= 15 is 0 Å². The van der Waals surface area contributed by atoms with Crippen molar-refractivity contribution in [1.82, 2.24) is 4.98 Å². The van der Waals surface area contributed by atoms with E-state index in [0.717, 1.165) is 44.5 Å². The zero-order chi connectivity index (χ0) is 22.1. The molecule has 0 atom stereocenters. The summed E-state index contributed by atoms with van der Waals surface area (Å²) in [5.74, 6) is -0.223. The van der Waals surface area contributed by atoms with Crippen molar-refractivity contribution in [3.05, 3.63) is 94.9 Å². The highest BCUT2D eigenvalue weighted by Gasteiger charge is 2.19. The Morgan fingerprint density at radius 3 is 2.53 bits per heavy atom. The average Bonchev–Trinajstić information content (AvgIpc) is 3.26. The van der Waals surface area contributed by atoms with E-state index in [-0.39, 0.29) is 12.2 Å². The third-order valence-corrected chi connectivity index (χ3v) is 6.60. The SMILES string of the molecule is CCc1ccc(COc2ccccc2)c2c(C(=O)O)cc(-c3csc4ccccc34)nc12. The molecular weight excluding hydrogens is 418 g/mol. The van der Waals surface area contributed by atoms with Crippen LogP contribution in [0, 0.1) is 0 Å². The first-order valence-corrected chi connectivity index (χ1v) is 11.4. The number of ether oxygens (including phenoxy) is 1. The van der Waals surface area contributed by atoms with Gasteiger partial charge in [-0.15, -0.1) is 11.3 Å². The third-order valence-electron chi connectivity index (χ3n) is 5.64. The summed E-state index contributed by atoms with van der Waals surface area (Å²) in [4.78, 5) is 17.3. The molecule has 5 rings (SSSR count). The summed E-state index contributed by atoms with van der Waals surface area (Å²) in [5, 5.41) is 13.9. The van der Waals surface area contributed by atoms with Gasteiger partial charge in [0.2, 0.25) is 0 Å². The molecule has 4 nitrogen and oxygen atoms in total. The van der Waals surface area contributed by atoms with Gasteiger partial charge in [-0.1, -0.05) is 55.5 Å². The highest BCUT2D eigenvalue weighted by atomic mass is 32.1. The van der Waals surface area contributed by atoms with Gasteiger partial charge in [-0.05, 0) is 41.8 Å². The van der Waals surface area contributed by atoms with E-state index in [1.54, 1.807) is 17.4 Å². The number of fused-ring (bicyclic) bond motifs is 2. The molecule has 0 saturated heterocycles. The zero-order valence-corrected chi connectivity index (χ0v) is 18.4. The topological polar surface area (TPSA) is 59.4 Å². The fourth-order valence-corrected chi connectivity index (χ4v) is 4.99. The predicted molar refractivity (Wildman–Crippen MR) is 130 cm³/mol. The molecule has 2 aromatic heterocycles. The molecule has 3 aromatic carbocycles. The molecule has 0 unspecified atom stereocenters. The lowest BCUT2D eigenvalue weighted by Gasteiger charge is -2.15. The number of hydrogen-bond donors (Lipinski definition) is 1. The summed E-state index contributed by atoms with van der Waals surface area (Å²) in [6.07, 6.45) is 0.760. The molecule has 158 valence electrons. The maximum absolute atomic E-state index is 12.4. The molecule has 0 aliphatic carbocycles. The normalized spacial score (nSPS) is 11.2. The summed E-state index contributed by atoms with van der Waals surface area (Å²) >= 11 is 1.64. The largest absolute Gasteiger partial charge is 0.489 e. The van der Waals surface area contributed by atoms with Crippen molar-refractivity contribution in [3.8, 4) is 17.0 Å². The lowest BCUT2D eigenvalue weighted by molar-refractivity contribution is 0.0699. The number of aromatic nitrogens is 1. The van der Waals surface area contributed by atoms with E-state index in [9.17, 15) is 9.90 Å². The average molecular weight is 440 g/mol. The van der Waals surface area contributed by atoms with Crippen molar-refractivity contribution in [1.29, 1.82) is 0 Å². The molecule has 0 aliphatic heterocycles. The Kier molecular flexibility index (Phi) is 5.33. The minimum absolute atomic E-state index is 0.252. The third kappa shape index (κ3) is 3.61. The molecule has 0 radical (unpaired) electrons. The van der Waals surface area contributed by atoms with E-state index < -0.39 is 5.97 Å². The first-order chi connectivity index (χ1) is 15.7. The second-order valence-electron chi connectivity index (χ2n) is 7.57. The quantitative estimate of drug-likeness (QED) is 0.311. The predicted octanol–water partition coefficient (Wildman–Crippen LogP) is 6.96. The van der Waals surface area contributed by atoms with Crippen molar-refractivity contribution in [2.24, 2.45) is 0 Å². The van der Waals surface area contributed by atoms with Gasteiger partial charge in [0.15, 0.2) is 0 Å². The standard InChI is InChI=1S/C27H21NO3S/c1-2-17-12-13-18(15-31-19-8-4-3-5-9-19)25-21(27(29)30)14-23(28-26(17)25)22-16-32-24-11-7-6-10-20(22)24/h3-14,16H,2,15H2,1H3,(H,29,30). The van der Waals surface area contributed by atoms with Crippen molar-refractivity contribution in [2.75, 3.05) is 0 Å². The minimum Gasteiger partial charge on any atom is -0.489 e. The number of para-hydroxylation sites is 1. The molecule has 32 heavy (non-hydrogen) atoms. The zero-order valence-electron chi connectivity index (χ0n) is 17.5. The molecule has 5 heteroatoms. The van der Waals surface area contributed by atoms with Gasteiger partial charge in [-0.3, -0.25) is 0 Å². The number of benzene rings is 3. The Hall–Kier alpha value is -3.70. The molecule has 0 bridgehead atoms. The molecule has 0 saturated carbocycles. The number of hydrogen-bond acceptors (Lipinski definition) is 4. The second-order valence-corrected chi connectivity index (χ2v) is 8.48. The molecule has 0 aliphatic rings. The Balaban J connectivity index is 1.70. The summed E-state index contributed by atoms with van der Waals surface area (Å²) in [6.45, 7) is 2.33. The number of aromatic carboxylic acids is 1. The highest BCUT2D eigenvalue weighted by molar-refractivity contribution is 7.17. The Labute approximate surface area is 189 Å². The van der Waals surface area contributed by atoms with E-state index in [1.807, 2.05) is 54.6 Å². The van der Waals surface area contributed by atoms with Gasteiger partial charge in [0.1, 0.15) is 12.4 Å². The smallest absolute Gasteiger partial charge is 0.336 e.